The highest BCUT2D eigenvalue weighted by atomic mass is 19.1. The minimum absolute atomic E-state index is 0.242. The van der Waals surface area contributed by atoms with Crippen molar-refractivity contribution in [2.45, 2.75) is 33.5 Å². The van der Waals surface area contributed by atoms with Gasteiger partial charge in [0.15, 0.2) is 0 Å². The smallest absolute Gasteiger partial charge is 0.123 e. The summed E-state index contributed by atoms with van der Waals surface area (Å²) in [5, 5.41) is 15.1. The van der Waals surface area contributed by atoms with Gasteiger partial charge in [0.2, 0.25) is 0 Å². The zero-order valence-electron chi connectivity index (χ0n) is 13.3. The highest BCUT2D eigenvalue weighted by Gasteiger charge is 2.06. The Hall–Kier alpha value is -2.47. The summed E-state index contributed by atoms with van der Waals surface area (Å²) in [4.78, 5) is 0. The molecule has 2 aromatic heterocycles. The van der Waals surface area contributed by atoms with Crippen molar-refractivity contribution < 1.29 is 4.39 Å². The Morgan fingerprint density at radius 1 is 1.22 bits per heavy atom. The number of halogens is 1. The van der Waals surface area contributed by atoms with Crippen LogP contribution in [0.5, 0.6) is 0 Å². The maximum atomic E-state index is 13.0. The third-order valence-electron chi connectivity index (χ3n) is 3.77. The van der Waals surface area contributed by atoms with Crippen molar-refractivity contribution in [2.24, 2.45) is 0 Å². The van der Waals surface area contributed by atoms with Gasteiger partial charge in [-0.15, -0.1) is 0 Å². The van der Waals surface area contributed by atoms with Gasteiger partial charge in [0.05, 0.1) is 11.4 Å². The predicted molar refractivity (Wildman–Crippen MR) is 87.2 cm³/mol. The van der Waals surface area contributed by atoms with Crippen LogP contribution in [-0.2, 0) is 19.6 Å². The number of nitrogens with one attached hydrogen (secondary N) is 2. The largest absolute Gasteiger partial charge is 0.307 e. The Kier molecular flexibility index (Phi) is 4.52. The van der Waals surface area contributed by atoms with Crippen LogP contribution in [0.2, 0.25) is 0 Å². The zero-order valence-corrected chi connectivity index (χ0v) is 13.3. The van der Waals surface area contributed by atoms with E-state index in [0.717, 1.165) is 35.7 Å². The number of benzene rings is 1. The van der Waals surface area contributed by atoms with Crippen molar-refractivity contribution in [2.75, 3.05) is 0 Å². The second-order valence-corrected chi connectivity index (χ2v) is 5.48. The van der Waals surface area contributed by atoms with Crippen LogP contribution in [0.25, 0.3) is 11.3 Å². The van der Waals surface area contributed by atoms with Crippen LogP contribution in [0.1, 0.15) is 23.9 Å². The zero-order chi connectivity index (χ0) is 16.2. The molecule has 2 N–H and O–H groups in total. The van der Waals surface area contributed by atoms with Crippen LogP contribution in [0, 0.1) is 12.7 Å². The molecule has 0 bridgehead atoms. The van der Waals surface area contributed by atoms with Crippen LogP contribution < -0.4 is 5.32 Å². The second kappa shape index (κ2) is 6.75. The molecule has 23 heavy (non-hydrogen) atoms. The lowest BCUT2D eigenvalue weighted by molar-refractivity contribution is 0.628. The third-order valence-corrected chi connectivity index (χ3v) is 3.77. The highest BCUT2D eigenvalue weighted by molar-refractivity contribution is 5.58. The number of aromatic amines is 1. The predicted octanol–water partition coefficient (Wildman–Crippen LogP) is 3.03. The molecule has 120 valence electrons. The van der Waals surface area contributed by atoms with Crippen molar-refractivity contribution in [3.05, 3.63) is 59.3 Å². The van der Waals surface area contributed by atoms with E-state index in [9.17, 15) is 4.39 Å². The lowest BCUT2D eigenvalue weighted by Gasteiger charge is -2.01. The Labute approximate surface area is 134 Å². The van der Waals surface area contributed by atoms with E-state index < -0.39 is 0 Å². The molecule has 3 rings (SSSR count). The van der Waals surface area contributed by atoms with E-state index in [1.165, 1.54) is 17.7 Å². The first-order chi connectivity index (χ1) is 11.2. The van der Waals surface area contributed by atoms with Crippen molar-refractivity contribution in [1.29, 1.82) is 0 Å². The van der Waals surface area contributed by atoms with E-state index in [-0.39, 0.29) is 5.82 Å². The van der Waals surface area contributed by atoms with E-state index in [1.54, 1.807) is 12.1 Å². The summed E-state index contributed by atoms with van der Waals surface area (Å²) in [6, 6.07) is 8.31. The van der Waals surface area contributed by atoms with Gasteiger partial charge in [-0.2, -0.15) is 10.2 Å². The lowest BCUT2D eigenvalue weighted by atomic mass is 10.1. The summed E-state index contributed by atoms with van der Waals surface area (Å²) >= 11 is 0. The minimum Gasteiger partial charge on any atom is -0.307 e. The van der Waals surface area contributed by atoms with Gasteiger partial charge >= 0.3 is 0 Å². The maximum absolute atomic E-state index is 13.0. The Morgan fingerprint density at radius 2 is 2.00 bits per heavy atom. The van der Waals surface area contributed by atoms with Crippen molar-refractivity contribution in [3.63, 3.8) is 0 Å². The minimum atomic E-state index is -0.242. The molecular formula is C17H20FN5. The molecule has 0 fully saturated rings. The van der Waals surface area contributed by atoms with Gasteiger partial charge in [0, 0.05) is 42.7 Å². The summed E-state index contributed by atoms with van der Waals surface area (Å²) in [5.74, 6) is -0.242. The van der Waals surface area contributed by atoms with Crippen molar-refractivity contribution >= 4 is 0 Å². The average Bonchev–Trinajstić information content (AvgIpc) is 3.15. The monoisotopic (exact) mass is 313 g/mol. The van der Waals surface area contributed by atoms with E-state index in [4.69, 9.17) is 0 Å². The van der Waals surface area contributed by atoms with Gasteiger partial charge in [0.25, 0.3) is 0 Å². The topological polar surface area (TPSA) is 58.5 Å². The molecule has 5 nitrogen and oxygen atoms in total. The van der Waals surface area contributed by atoms with E-state index >= 15 is 0 Å². The van der Waals surface area contributed by atoms with Gasteiger partial charge in [0.1, 0.15) is 5.82 Å². The molecule has 1 aromatic carbocycles. The first-order valence-corrected chi connectivity index (χ1v) is 7.69. The quantitative estimate of drug-likeness (QED) is 0.735. The molecule has 0 spiro atoms. The van der Waals surface area contributed by atoms with Crippen LogP contribution in [-0.4, -0.2) is 20.0 Å². The molecule has 0 amide bonds. The molecule has 3 aromatic rings. The average molecular weight is 313 g/mol. The summed E-state index contributed by atoms with van der Waals surface area (Å²) < 4.78 is 14.9. The van der Waals surface area contributed by atoms with E-state index in [0.29, 0.717) is 6.54 Å². The summed E-state index contributed by atoms with van der Waals surface area (Å²) in [5.41, 5.74) is 4.96. The number of nitrogens with zero attached hydrogens (tertiary/aromatic N) is 3. The molecule has 0 atom stereocenters. The molecule has 2 heterocycles. The number of aromatic nitrogens is 4. The number of H-pyrrole nitrogens is 1. The molecule has 0 aliphatic rings. The van der Waals surface area contributed by atoms with Gasteiger partial charge in [-0.05, 0) is 44.2 Å². The van der Waals surface area contributed by atoms with Gasteiger partial charge in [-0.25, -0.2) is 4.39 Å². The first-order valence-electron chi connectivity index (χ1n) is 7.69. The maximum Gasteiger partial charge on any atom is 0.123 e. The molecule has 0 unspecified atom stereocenters. The van der Waals surface area contributed by atoms with Crippen molar-refractivity contribution in [3.8, 4) is 11.3 Å². The fourth-order valence-electron chi connectivity index (χ4n) is 2.45. The fourth-order valence-corrected chi connectivity index (χ4v) is 2.45. The van der Waals surface area contributed by atoms with Gasteiger partial charge < -0.3 is 5.32 Å². The summed E-state index contributed by atoms with van der Waals surface area (Å²) in [7, 11) is 0. The van der Waals surface area contributed by atoms with Gasteiger partial charge in [-0.3, -0.25) is 9.78 Å². The molecule has 0 saturated heterocycles. The van der Waals surface area contributed by atoms with Crippen LogP contribution in [0.4, 0.5) is 4.39 Å². The lowest BCUT2D eigenvalue weighted by Crippen LogP contribution is -2.13. The molecule has 0 aliphatic heterocycles. The number of hydrogen-bond acceptors (Lipinski definition) is 3. The molecule has 0 saturated carbocycles. The molecule has 6 heteroatoms. The van der Waals surface area contributed by atoms with Crippen molar-refractivity contribution in [1.82, 2.24) is 25.3 Å². The normalized spacial score (nSPS) is 11.1. The Bertz CT molecular complexity index is 773. The fraction of sp³-hybridized carbons (Fsp3) is 0.294. The standard InChI is InChI=1S/C17H20FN5/c1-3-23-11-14(12(2)22-23)9-19-10-16-8-17(21-20-16)13-4-6-15(18)7-5-13/h4-8,11,19H,3,9-10H2,1-2H3,(H,20,21). The highest BCUT2D eigenvalue weighted by Crippen LogP contribution is 2.18. The Morgan fingerprint density at radius 3 is 2.70 bits per heavy atom. The molecule has 0 aliphatic carbocycles. The molecular weight excluding hydrogens is 293 g/mol. The van der Waals surface area contributed by atoms with Crippen LogP contribution in [0.3, 0.4) is 0 Å². The number of hydrogen-bond donors (Lipinski definition) is 2. The third kappa shape index (κ3) is 3.65. The van der Waals surface area contributed by atoms with Gasteiger partial charge in [-0.1, -0.05) is 0 Å². The Balaban J connectivity index is 1.59. The summed E-state index contributed by atoms with van der Waals surface area (Å²) in [6.45, 7) is 6.42. The number of rotatable bonds is 6. The van der Waals surface area contributed by atoms with Crippen LogP contribution >= 0.6 is 0 Å². The first kappa shape index (κ1) is 15.4. The number of aryl methyl sites for hydroxylation is 2. The van der Waals surface area contributed by atoms with Crippen LogP contribution in [0.15, 0.2) is 36.5 Å². The SMILES string of the molecule is CCn1cc(CNCc2cc(-c3ccc(F)cc3)n[nH]2)c(C)n1. The molecule has 0 radical (unpaired) electrons. The van der Waals surface area contributed by atoms with E-state index in [2.05, 4.69) is 33.7 Å². The second-order valence-electron chi connectivity index (χ2n) is 5.48. The summed E-state index contributed by atoms with van der Waals surface area (Å²) in [6.07, 6.45) is 2.07. The van der Waals surface area contributed by atoms with E-state index in [1.807, 2.05) is 17.7 Å².